The summed E-state index contributed by atoms with van der Waals surface area (Å²) in [4.78, 5) is 27.5. The Morgan fingerprint density at radius 1 is 1.15 bits per heavy atom. The predicted molar refractivity (Wildman–Crippen MR) is 152 cm³/mol. The van der Waals surface area contributed by atoms with Crippen LogP contribution in [0.15, 0.2) is 36.9 Å². The Morgan fingerprint density at radius 3 is 2.51 bits per heavy atom. The number of nitrogens with zero attached hydrogens (tertiary/aromatic N) is 5. The molecule has 0 bridgehead atoms. The quantitative estimate of drug-likeness (QED) is 0.443. The lowest BCUT2D eigenvalue weighted by atomic mass is 10.00. The van der Waals surface area contributed by atoms with Gasteiger partial charge in [-0.05, 0) is 45.2 Å². The summed E-state index contributed by atoms with van der Waals surface area (Å²) in [6.45, 7) is 9.66. The monoisotopic (exact) mass is 558 g/mol. The molecule has 0 unspecified atom stereocenters. The summed E-state index contributed by atoms with van der Waals surface area (Å²) in [6.07, 6.45) is 1.30. The number of aromatic hydroxyl groups is 1. The van der Waals surface area contributed by atoms with Crippen molar-refractivity contribution in [3.63, 3.8) is 0 Å². The number of carbonyl (C=O) groups is 1. The van der Waals surface area contributed by atoms with Crippen molar-refractivity contribution in [1.82, 2.24) is 20.2 Å². The minimum Gasteiger partial charge on any atom is -0.507 e. The third-order valence-electron chi connectivity index (χ3n) is 7.38. The first-order valence-corrected chi connectivity index (χ1v) is 12.8. The Labute approximate surface area is 231 Å². The first-order chi connectivity index (χ1) is 18.1. The molecule has 39 heavy (non-hydrogen) atoms. The van der Waals surface area contributed by atoms with Crippen molar-refractivity contribution in [1.29, 1.82) is 0 Å². The van der Waals surface area contributed by atoms with Crippen molar-refractivity contribution in [3.05, 3.63) is 53.6 Å². The van der Waals surface area contributed by atoms with Crippen LogP contribution in [0.5, 0.6) is 5.75 Å². The third kappa shape index (κ3) is 4.87. The fourth-order valence-corrected chi connectivity index (χ4v) is 5.48. The van der Waals surface area contributed by atoms with E-state index in [9.17, 15) is 14.3 Å². The van der Waals surface area contributed by atoms with Crippen LogP contribution in [0.25, 0.3) is 22.0 Å². The number of benzene rings is 2. The summed E-state index contributed by atoms with van der Waals surface area (Å²) in [5.74, 6) is -1.40. The van der Waals surface area contributed by atoms with Crippen molar-refractivity contribution < 1.29 is 18.7 Å². The van der Waals surface area contributed by atoms with E-state index < -0.39 is 17.4 Å². The van der Waals surface area contributed by atoms with E-state index in [2.05, 4.69) is 16.9 Å². The van der Waals surface area contributed by atoms with Crippen molar-refractivity contribution in [2.75, 3.05) is 43.0 Å². The molecule has 5 rings (SSSR count). The highest BCUT2D eigenvalue weighted by Gasteiger charge is 2.35. The Balaban J connectivity index is 0.00000353. The van der Waals surface area contributed by atoms with Crippen LogP contribution in [-0.4, -0.2) is 77.2 Å². The lowest BCUT2D eigenvalue weighted by Crippen LogP contribution is -2.59. The molecule has 3 aromatic rings. The molecule has 0 aliphatic carbocycles. The number of anilines is 2. The molecule has 1 aromatic heterocycles. The first kappa shape index (κ1) is 28.5. The molecule has 2 aromatic carbocycles. The molecule has 3 heterocycles. The van der Waals surface area contributed by atoms with E-state index >= 15 is 4.39 Å². The maximum absolute atomic E-state index is 16.3. The van der Waals surface area contributed by atoms with Gasteiger partial charge < -0.3 is 25.1 Å². The Hall–Kier alpha value is -3.50. The van der Waals surface area contributed by atoms with Gasteiger partial charge in [0.1, 0.15) is 22.9 Å². The second-order valence-corrected chi connectivity index (χ2v) is 10.3. The van der Waals surface area contributed by atoms with E-state index in [1.165, 1.54) is 24.3 Å². The van der Waals surface area contributed by atoms with Crippen LogP contribution in [0.1, 0.15) is 21.3 Å². The van der Waals surface area contributed by atoms with Gasteiger partial charge in [-0.2, -0.15) is 4.98 Å². The van der Waals surface area contributed by atoms with E-state index in [4.69, 9.17) is 16.6 Å². The molecule has 208 valence electrons. The molecule has 2 atom stereocenters. The highest BCUT2D eigenvalue weighted by Crippen LogP contribution is 2.43. The number of rotatable bonds is 5. The summed E-state index contributed by atoms with van der Waals surface area (Å²) in [6, 6.07) is 5.21. The van der Waals surface area contributed by atoms with E-state index in [1.807, 2.05) is 30.7 Å². The number of aromatic nitrogens is 2. The first-order valence-electron chi connectivity index (χ1n) is 12.4. The summed E-state index contributed by atoms with van der Waals surface area (Å²) in [5, 5.41) is 13.9. The minimum absolute atomic E-state index is 0. The van der Waals surface area contributed by atoms with E-state index in [1.54, 1.807) is 4.90 Å². The molecule has 11 heteroatoms. The van der Waals surface area contributed by atoms with Gasteiger partial charge in [0.15, 0.2) is 5.82 Å². The molecule has 0 spiro atoms. The summed E-state index contributed by atoms with van der Waals surface area (Å²) >= 11 is 6.55. The highest BCUT2D eigenvalue weighted by atomic mass is 35.5. The number of phenolic OH excluding ortho intramolecular Hbond substituents is 1. The van der Waals surface area contributed by atoms with Crippen molar-refractivity contribution >= 4 is 40.2 Å². The maximum Gasteiger partial charge on any atom is 0.246 e. The average molecular weight is 559 g/mol. The SMILES string of the molecule is C.C=CC(=O)N1C[C@H](C)N(c2nc(N3CC(NC)C3)nc3c(F)c(-c4c(O)cccc4F)c(Cl)cc23)C[C@H]1C. The average Bonchev–Trinajstić information content (AvgIpc) is 2.85. The zero-order chi connectivity index (χ0) is 27.3. The number of nitrogens with one attached hydrogen (secondary N) is 1. The molecule has 2 aliphatic rings. The van der Waals surface area contributed by atoms with Gasteiger partial charge in [-0.25, -0.2) is 13.8 Å². The fourth-order valence-electron chi connectivity index (χ4n) is 5.19. The zero-order valence-electron chi connectivity index (χ0n) is 21.4. The summed E-state index contributed by atoms with van der Waals surface area (Å²) in [7, 11) is 1.87. The van der Waals surface area contributed by atoms with Crippen LogP contribution in [-0.2, 0) is 4.79 Å². The molecule has 1 amide bonds. The molecule has 2 fully saturated rings. The molecule has 2 N–H and O–H groups in total. The fraction of sp³-hybridized carbons (Fsp3) is 0.393. The Bertz CT molecular complexity index is 1410. The van der Waals surface area contributed by atoms with Gasteiger partial charge in [0.25, 0.3) is 0 Å². The van der Waals surface area contributed by atoms with Crippen molar-refractivity contribution in [2.24, 2.45) is 0 Å². The number of piperazine rings is 1. The second-order valence-electron chi connectivity index (χ2n) is 9.86. The minimum atomic E-state index is -0.843. The number of fused-ring (bicyclic) bond motifs is 1. The molecular formula is C28H33ClF2N6O2. The molecular weight excluding hydrogens is 526 g/mol. The summed E-state index contributed by atoms with van der Waals surface area (Å²) in [5.41, 5.74) is -0.606. The number of carbonyl (C=O) groups excluding carboxylic acids is 1. The van der Waals surface area contributed by atoms with Crippen LogP contribution in [0.2, 0.25) is 5.02 Å². The Kier molecular flexibility index (Phi) is 7.99. The van der Waals surface area contributed by atoms with Gasteiger partial charge in [-0.1, -0.05) is 31.7 Å². The van der Waals surface area contributed by atoms with E-state index in [0.29, 0.717) is 43.3 Å². The second kappa shape index (κ2) is 10.9. The number of likely N-dealkylation sites (N-methyl/N-ethyl adjacent to an activating group) is 1. The molecule has 0 saturated carbocycles. The van der Waals surface area contributed by atoms with Crippen LogP contribution < -0.4 is 15.1 Å². The summed E-state index contributed by atoms with van der Waals surface area (Å²) < 4.78 is 31.0. The van der Waals surface area contributed by atoms with Crippen LogP contribution >= 0.6 is 11.6 Å². The van der Waals surface area contributed by atoms with E-state index in [0.717, 1.165) is 6.07 Å². The normalized spacial score (nSPS) is 19.6. The highest BCUT2D eigenvalue weighted by molar-refractivity contribution is 6.34. The van der Waals surface area contributed by atoms with Gasteiger partial charge in [0.05, 0.1) is 10.6 Å². The molecule has 2 saturated heterocycles. The lowest BCUT2D eigenvalue weighted by Gasteiger charge is -2.45. The van der Waals surface area contributed by atoms with Gasteiger partial charge >= 0.3 is 0 Å². The largest absolute Gasteiger partial charge is 0.507 e. The molecule has 2 aliphatic heterocycles. The zero-order valence-corrected chi connectivity index (χ0v) is 22.1. The van der Waals surface area contributed by atoms with E-state index in [-0.39, 0.29) is 53.1 Å². The van der Waals surface area contributed by atoms with Crippen LogP contribution in [0, 0.1) is 11.6 Å². The predicted octanol–water partition coefficient (Wildman–Crippen LogP) is 4.59. The van der Waals surface area contributed by atoms with Crippen LogP contribution in [0.3, 0.4) is 0 Å². The number of halogens is 3. The number of phenols is 1. The number of hydrogen-bond donors (Lipinski definition) is 2. The van der Waals surface area contributed by atoms with Gasteiger partial charge in [-0.3, -0.25) is 4.79 Å². The molecule has 0 radical (unpaired) electrons. The molecule has 8 nitrogen and oxygen atoms in total. The topological polar surface area (TPSA) is 84.8 Å². The van der Waals surface area contributed by atoms with Gasteiger partial charge in [0, 0.05) is 55.3 Å². The maximum atomic E-state index is 16.3. The lowest BCUT2D eigenvalue weighted by molar-refractivity contribution is -0.128. The standard InChI is InChI=1S/C27H29ClF2N6O2.CH4/c1-5-21(38)35-10-15(3)36(11-14(35)2)26-17-9-18(28)22(23-19(29)7-6-8-20(23)37)24(30)25(17)32-27(33-26)34-12-16(13-34)31-4;/h5-9,14-16,31,37H,1,10-13H2,2-4H3;1H4/t14-,15+;/m1./s1. The van der Waals surface area contributed by atoms with Gasteiger partial charge in [0.2, 0.25) is 11.9 Å². The smallest absolute Gasteiger partial charge is 0.246 e. The van der Waals surface area contributed by atoms with Crippen molar-refractivity contribution in [3.8, 4) is 16.9 Å². The van der Waals surface area contributed by atoms with Crippen LogP contribution in [0.4, 0.5) is 20.5 Å². The third-order valence-corrected chi connectivity index (χ3v) is 7.68. The number of hydrogen-bond acceptors (Lipinski definition) is 7. The Morgan fingerprint density at radius 2 is 1.87 bits per heavy atom. The number of amides is 1. The van der Waals surface area contributed by atoms with Gasteiger partial charge in [-0.15, -0.1) is 0 Å². The van der Waals surface area contributed by atoms with Crippen molar-refractivity contribution in [2.45, 2.75) is 39.4 Å².